The van der Waals surface area contributed by atoms with E-state index in [0.717, 1.165) is 24.8 Å². The molecule has 3 rings (SSSR count). The first-order chi connectivity index (χ1) is 11.7. The Bertz CT molecular complexity index is 656. The van der Waals surface area contributed by atoms with Crippen LogP contribution in [0, 0.1) is 5.92 Å². The van der Waals surface area contributed by atoms with Gasteiger partial charge in [0.25, 0.3) is 0 Å². The molecule has 4 heteroatoms. The highest BCUT2D eigenvalue weighted by molar-refractivity contribution is 5.74. The van der Waals surface area contributed by atoms with E-state index in [1.54, 1.807) is 0 Å². The summed E-state index contributed by atoms with van der Waals surface area (Å²) >= 11 is 0. The number of amides is 2. The van der Waals surface area contributed by atoms with E-state index < -0.39 is 5.60 Å². The first-order valence-corrected chi connectivity index (χ1v) is 8.52. The highest BCUT2D eigenvalue weighted by atomic mass is 16.3. The van der Waals surface area contributed by atoms with Crippen molar-refractivity contribution >= 4 is 6.03 Å². The Morgan fingerprint density at radius 2 is 1.62 bits per heavy atom. The maximum absolute atomic E-state index is 12.0. The van der Waals surface area contributed by atoms with Gasteiger partial charge in [0.2, 0.25) is 0 Å². The van der Waals surface area contributed by atoms with Gasteiger partial charge in [-0.3, -0.25) is 0 Å². The van der Waals surface area contributed by atoms with Gasteiger partial charge in [-0.25, -0.2) is 4.79 Å². The third kappa shape index (κ3) is 4.15. The van der Waals surface area contributed by atoms with Gasteiger partial charge in [0.1, 0.15) is 5.60 Å². The molecular weight excluding hydrogens is 300 g/mol. The van der Waals surface area contributed by atoms with Crippen molar-refractivity contribution in [2.24, 2.45) is 5.92 Å². The van der Waals surface area contributed by atoms with Crippen LogP contribution in [-0.2, 0) is 12.0 Å². The number of rotatable bonds is 7. The minimum Gasteiger partial charge on any atom is -0.383 e. The molecule has 3 N–H and O–H groups in total. The Labute approximate surface area is 142 Å². The van der Waals surface area contributed by atoms with Crippen LogP contribution in [0.25, 0.3) is 0 Å². The number of benzene rings is 2. The normalized spacial score (nSPS) is 16.2. The molecule has 2 aromatic rings. The van der Waals surface area contributed by atoms with Gasteiger partial charge in [0, 0.05) is 6.54 Å². The summed E-state index contributed by atoms with van der Waals surface area (Å²) in [6.45, 7) is 0.807. The SMILES string of the molecule is O=C(NCCc1ccccc1)NCC(O)(c1ccccc1)C1CC1. The van der Waals surface area contributed by atoms with Crippen LogP contribution in [0.15, 0.2) is 60.7 Å². The summed E-state index contributed by atoms with van der Waals surface area (Å²) in [5, 5.41) is 16.7. The number of aliphatic hydroxyl groups is 1. The zero-order valence-corrected chi connectivity index (χ0v) is 13.7. The average Bonchev–Trinajstić information content (AvgIpc) is 3.47. The van der Waals surface area contributed by atoms with Crippen LogP contribution in [0.1, 0.15) is 24.0 Å². The first kappa shape index (κ1) is 16.5. The Morgan fingerprint density at radius 3 is 2.25 bits per heavy atom. The van der Waals surface area contributed by atoms with E-state index in [4.69, 9.17) is 0 Å². The van der Waals surface area contributed by atoms with Crippen LogP contribution in [-0.4, -0.2) is 24.2 Å². The van der Waals surface area contributed by atoms with Crippen molar-refractivity contribution in [1.82, 2.24) is 10.6 Å². The second kappa shape index (κ2) is 7.49. The van der Waals surface area contributed by atoms with E-state index in [0.29, 0.717) is 6.54 Å². The van der Waals surface area contributed by atoms with Crippen molar-refractivity contribution in [2.75, 3.05) is 13.1 Å². The Balaban J connectivity index is 1.49. The Morgan fingerprint density at radius 1 is 1.00 bits per heavy atom. The monoisotopic (exact) mass is 324 g/mol. The molecular formula is C20H24N2O2. The van der Waals surface area contributed by atoms with E-state index in [9.17, 15) is 9.90 Å². The number of carbonyl (C=O) groups excluding carboxylic acids is 1. The Kier molecular flexibility index (Phi) is 5.16. The summed E-state index contributed by atoms with van der Waals surface area (Å²) in [4.78, 5) is 12.0. The van der Waals surface area contributed by atoms with Crippen LogP contribution < -0.4 is 10.6 Å². The summed E-state index contributed by atoms with van der Waals surface area (Å²) in [5.41, 5.74) is 1.09. The van der Waals surface area contributed by atoms with E-state index in [-0.39, 0.29) is 18.5 Å². The van der Waals surface area contributed by atoms with Gasteiger partial charge >= 0.3 is 6.03 Å². The molecule has 1 saturated carbocycles. The summed E-state index contributed by atoms with van der Waals surface area (Å²) in [6, 6.07) is 19.4. The molecule has 1 aliphatic rings. The molecule has 1 unspecified atom stereocenters. The summed E-state index contributed by atoms with van der Waals surface area (Å²) in [6.07, 6.45) is 2.80. The van der Waals surface area contributed by atoms with Gasteiger partial charge in [-0.15, -0.1) is 0 Å². The fourth-order valence-corrected chi connectivity index (χ4v) is 3.01. The van der Waals surface area contributed by atoms with Crippen molar-refractivity contribution in [3.05, 3.63) is 71.8 Å². The van der Waals surface area contributed by atoms with E-state index in [2.05, 4.69) is 10.6 Å². The van der Waals surface area contributed by atoms with Crippen LogP contribution in [0.3, 0.4) is 0 Å². The minimum absolute atomic E-state index is 0.226. The molecule has 2 amide bonds. The molecule has 0 radical (unpaired) electrons. The summed E-state index contributed by atoms with van der Waals surface area (Å²) in [7, 11) is 0. The lowest BCUT2D eigenvalue weighted by molar-refractivity contribution is 0.0160. The molecule has 1 atom stereocenters. The van der Waals surface area contributed by atoms with Crippen molar-refractivity contribution in [3.63, 3.8) is 0 Å². The third-order valence-electron chi connectivity index (χ3n) is 4.59. The highest BCUT2D eigenvalue weighted by Crippen LogP contribution is 2.45. The fraction of sp³-hybridized carbons (Fsp3) is 0.350. The quantitative estimate of drug-likeness (QED) is 0.733. The average molecular weight is 324 g/mol. The van der Waals surface area contributed by atoms with Crippen molar-refractivity contribution in [1.29, 1.82) is 0 Å². The molecule has 4 nitrogen and oxygen atoms in total. The highest BCUT2D eigenvalue weighted by Gasteiger charge is 2.45. The first-order valence-electron chi connectivity index (χ1n) is 8.52. The molecule has 0 saturated heterocycles. The summed E-state index contributed by atoms with van der Waals surface area (Å²) in [5.74, 6) is 0.226. The second-order valence-corrected chi connectivity index (χ2v) is 6.41. The van der Waals surface area contributed by atoms with Gasteiger partial charge in [0.05, 0.1) is 6.54 Å². The molecule has 24 heavy (non-hydrogen) atoms. The maximum Gasteiger partial charge on any atom is 0.314 e. The predicted molar refractivity (Wildman–Crippen MR) is 94.6 cm³/mol. The maximum atomic E-state index is 12.0. The number of carbonyl (C=O) groups is 1. The molecule has 0 bridgehead atoms. The van der Waals surface area contributed by atoms with Gasteiger partial charge < -0.3 is 15.7 Å². The summed E-state index contributed by atoms with van der Waals surface area (Å²) < 4.78 is 0. The molecule has 0 aromatic heterocycles. The Hall–Kier alpha value is -2.33. The number of urea groups is 1. The van der Waals surface area contributed by atoms with Crippen molar-refractivity contribution < 1.29 is 9.90 Å². The molecule has 0 aliphatic heterocycles. The largest absolute Gasteiger partial charge is 0.383 e. The van der Waals surface area contributed by atoms with Crippen LogP contribution in [0.4, 0.5) is 4.79 Å². The van der Waals surface area contributed by atoms with E-state index in [1.807, 2.05) is 60.7 Å². The van der Waals surface area contributed by atoms with Gasteiger partial charge in [0.15, 0.2) is 0 Å². The molecule has 2 aromatic carbocycles. The lowest BCUT2D eigenvalue weighted by Crippen LogP contribution is -2.46. The van der Waals surface area contributed by atoms with Crippen molar-refractivity contribution in [3.8, 4) is 0 Å². The van der Waals surface area contributed by atoms with Gasteiger partial charge in [-0.05, 0) is 36.3 Å². The van der Waals surface area contributed by atoms with Gasteiger partial charge in [-0.2, -0.15) is 0 Å². The number of hydrogen-bond acceptors (Lipinski definition) is 2. The van der Waals surface area contributed by atoms with Crippen molar-refractivity contribution in [2.45, 2.75) is 24.9 Å². The molecule has 1 fully saturated rings. The number of nitrogens with one attached hydrogen (secondary N) is 2. The minimum atomic E-state index is -0.974. The molecule has 0 spiro atoms. The van der Waals surface area contributed by atoms with Crippen LogP contribution in [0.2, 0.25) is 0 Å². The standard InChI is InChI=1S/C20H24N2O2/c23-19(21-14-13-16-7-3-1-4-8-16)22-15-20(24,18-11-12-18)17-9-5-2-6-10-17/h1-10,18,24H,11-15H2,(H2,21,22,23). The van der Waals surface area contributed by atoms with E-state index >= 15 is 0 Å². The predicted octanol–water partition coefficient (Wildman–Crippen LogP) is 2.83. The fourth-order valence-electron chi connectivity index (χ4n) is 3.01. The number of hydrogen-bond donors (Lipinski definition) is 3. The molecule has 0 heterocycles. The zero-order chi connectivity index (χ0) is 16.8. The zero-order valence-electron chi connectivity index (χ0n) is 13.7. The molecule has 126 valence electrons. The van der Waals surface area contributed by atoms with Crippen LogP contribution >= 0.6 is 0 Å². The van der Waals surface area contributed by atoms with Gasteiger partial charge in [-0.1, -0.05) is 60.7 Å². The second-order valence-electron chi connectivity index (χ2n) is 6.41. The lowest BCUT2D eigenvalue weighted by atomic mass is 9.89. The third-order valence-corrected chi connectivity index (χ3v) is 4.59. The van der Waals surface area contributed by atoms with E-state index in [1.165, 1.54) is 5.56 Å². The molecule has 1 aliphatic carbocycles. The smallest absolute Gasteiger partial charge is 0.314 e. The van der Waals surface area contributed by atoms with Crippen LogP contribution in [0.5, 0.6) is 0 Å². The topological polar surface area (TPSA) is 61.4 Å². The lowest BCUT2D eigenvalue weighted by Gasteiger charge is -2.29.